The standard InChI is InChI=1S/C17H17ClN2O5S/c1-19-26(23,24)15-4-2-3-13(9-15)17(22)25-11-16(21)20-10-12-5-7-14(18)8-6-12/h2-9,19H,10-11H2,1H3,(H,20,21). The number of halogens is 1. The van der Waals surface area contributed by atoms with Crippen LogP contribution in [-0.4, -0.2) is 33.9 Å². The molecular formula is C17H17ClN2O5S. The number of rotatable bonds is 7. The van der Waals surface area contributed by atoms with Gasteiger partial charge in [0, 0.05) is 11.6 Å². The fraction of sp³-hybridized carbons (Fsp3) is 0.176. The maximum absolute atomic E-state index is 12.0. The lowest BCUT2D eigenvalue weighted by molar-refractivity contribution is -0.124. The highest BCUT2D eigenvalue weighted by atomic mass is 35.5. The molecule has 0 saturated carbocycles. The average Bonchev–Trinajstić information content (AvgIpc) is 2.65. The summed E-state index contributed by atoms with van der Waals surface area (Å²) in [4.78, 5) is 23.7. The molecule has 0 spiro atoms. The molecule has 26 heavy (non-hydrogen) atoms. The highest BCUT2D eigenvalue weighted by Gasteiger charge is 2.15. The monoisotopic (exact) mass is 396 g/mol. The van der Waals surface area contributed by atoms with Crippen molar-refractivity contribution in [1.82, 2.24) is 10.0 Å². The first-order chi connectivity index (χ1) is 12.3. The predicted octanol–water partition coefficient (Wildman–Crippen LogP) is 1.72. The lowest BCUT2D eigenvalue weighted by Gasteiger charge is -2.08. The maximum atomic E-state index is 12.0. The van der Waals surface area contributed by atoms with Gasteiger partial charge in [-0.25, -0.2) is 17.9 Å². The minimum atomic E-state index is -3.67. The molecule has 2 aromatic carbocycles. The summed E-state index contributed by atoms with van der Waals surface area (Å²) in [6, 6.07) is 12.3. The van der Waals surface area contributed by atoms with Crippen molar-refractivity contribution in [3.05, 3.63) is 64.7 Å². The number of hydrogen-bond donors (Lipinski definition) is 2. The summed E-state index contributed by atoms with van der Waals surface area (Å²) in [5.74, 6) is -1.27. The molecule has 9 heteroatoms. The van der Waals surface area contributed by atoms with Crippen LogP contribution in [0.3, 0.4) is 0 Å². The highest BCUT2D eigenvalue weighted by Crippen LogP contribution is 2.12. The van der Waals surface area contributed by atoms with Crippen LogP contribution >= 0.6 is 11.6 Å². The molecule has 0 bridgehead atoms. The lowest BCUT2D eigenvalue weighted by Crippen LogP contribution is -2.28. The molecule has 7 nitrogen and oxygen atoms in total. The summed E-state index contributed by atoms with van der Waals surface area (Å²) in [6.45, 7) is -0.209. The smallest absolute Gasteiger partial charge is 0.338 e. The third-order valence-corrected chi connectivity index (χ3v) is 5.05. The number of hydrogen-bond acceptors (Lipinski definition) is 5. The molecular weight excluding hydrogens is 380 g/mol. The summed E-state index contributed by atoms with van der Waals surface area (Å²) < 4.78 is 30.6. The van der Waals surface area contributed by atoms with Gasteiger partial charge in [-0.1, -0.05) is 29.8 Å². The summed E-state index contributed by atoms with van der Waals surface area (Å²) in [7, 11) is -2.41. The average molecular weight is 397 g/mol. The van der Waals surface area contributed by atoms with Crippen LogP contribution in [-0.2, 0) is 26.1 Å². The second-order valence-corrected chi connectivity index (χ2v) is 7.54. The van der Waals surface area contributed by atoms with E-state index in [1.54, 1.807) is 24.3 Å². The van der Waals surface area contributed by atoms with Crippen LogP contribution in [0.2, 0.25) is 5.02 Å². The van der Waals surface area contributed by atoms with Crippen molar-refractivity contribution in [3.8, 4) is 0 Å². The Morgan fingerprint density at radius 2 is 1.81 bits per heavy atom. The van der Waals surface area contributed by atoms with Gasteiger partial charge in [0.1, 0.15) is 0 Å². The number of carbonyl (C=O) groups is 2. The van der Waals surface area contributed by atoms with Crippen LogP contribution < -0.4 is 10.0 Å². The molecule has 0 unspecified atom stereocenters. The first-order valence-electron chi connectivity index (χ1n) is 7.54. The molecule has 0 heterocycles. The zero-order valence-electron chi connectivity index (χ0n) is 13.9. The van der Waals surface area contributed by atoms with E-state index in [0.29, 0.717) is 5.02 Å². The summed E-state index contributed by atoms with van der Waals surface area (Å²) in [5.41, 5.74) is 0.880. The van der Waals surface area contributed by atoms with Gasteiger partial charge in [0.05, 0.1) is 10.5 Å². The van der Waals surface area contributed by atoms with Gasteiger partial charge < -0.3 is 10.1 Å². The largest absolute Gasteiger partial charge is 0.452 e. The van der Waals surface area contributed by atoms with Crippen molar-refractivity contribution in [1.29, 1.82) is 0 Å². The third kappa shape index (κ3) is 5.55. The fourth-order valence-corrected chi connectivity index (χ4v) is 2.88. The van der Waals surface area contributed by atoms with Crippen LogP contribution in [0, 0.1) is 0 Å². The van der Waals surface area contributed by atoms with Gasteiger partial charge in [-0.3, -0.25) is 4.79 Å². The first kappa shape index (κ1) is 19.9. The van der Waals surface area contributed by atoms with E-state index >= 15 is 0 Å². The van der Waals surface area contributed by atoms with Crippen molar-refractivity contribution in [2.75, 3.05) is 13.7 Å². The summed E-state index contributed by atoms with van der Waals surface area (Å²) >= 11 is 5.78. The Hall–Kier alpha value is -2.42. The first-order valence-corrected chi connectivity index (χ1v) is 9.40. The maximum Gasteiger partial charge on any atom is 0.338 e. The van der Waals surface area contributed by atoms with Gasteiger partial charge in [-0.2, -0.15) is 0 Å². The number of ether oxygens (including phenoxy) is 1. The molecule has 0 aliphatic heterocycles. The van der Waals surface area contributed by atoms with E-state index in [2.05, 4.69) is 10.0 Å². The number of sulfonamides is 1. The third-order valence-electron chi connectivity index (χ3n) is 3.39. The van der Waals surface area contributed by atoms with E-state index in [-0.39, 0.29) is 17.0 Å². The Labute approximate surface area is 156 Å². The quantitative estimate of drug-likeness (QED) is 0.694. The molecule has 2 aromatic rings. The number of carbonyl (C=O) groups excluding carboxylic acids is 2. The van der Waals surface area contributed by atoms with Crippen LogP contribution in [0.1, 0.15) is 15.9 Å². The SMILES string of the molecule is CNS(=O)(=O)c1cccc(C(=O)OCC(=O)NCc2ccc(Cl)cc2)c1. The molecule has 0 radical (unpaired) electrons. The van der Waals surface area contributed by atoms with Crippen molar-refractivity contribution < 1.29 is 22.7 Å². The number of nitrogens with one attached hydrogen (secondary N) is 2. The topological polar surface area (TPSA) is 102 Å². The van der Waals surface area contributed by atoms with Gasteiger partial charge in [0.15, 0.2) is 6.61 Å². The molecule has 0 saturated heterocycles. The molecule has 2 N–H and O–H groups in total. The minimum Gasteiger partial charge on any atom is -0.452 e. The van der Waals surface area contributed by atoms with E-state index in [0.717, 1.165) is 5.56 Å². The van der Waals surface area contributed by atoms with E-state index in [9.17, 15) is 18.0 Å². The molecule has 1 amide bonds. The van der Waals surface area contributed by atoms with E-state index in [4.69, 9.17) is 16.3 Å². The van der Waals surface area contributed by atoms with Crippen LogP contribution in [0.4, 0.5) is 0 Å². The highest BCUT2D eigenvalue weighted by molar-refractivity contribution is 7.89. The van der Waals surface area contributed by atoms with Crippen LogP contribution in [0.5, 0.6) is 0 Å². The van der Waals surface area contributed by atoms with Crippen LogP contribution in [0.25, 0.3) is 0 Å². The second kappa shape index (κ2) is 8.79. The Bertz CT molecular complexity index is 898. The summed E-state index contributed by atoms with van der Waals surface area (Å²) in [5, 5.41) is 3.20. The zero-order valence-corrected chi connectivity index (χ0v) is 15.4. The number of amides is 1. The normalized spacial score (nSPS) is 11.0. The number of esters is 1. The minimum absolute atomic E-state index is 0.0341. The van der Waals surface area contributed by atoms with Crippen molar-refractivity contribution in [3.63, 3.8) is 0 Å². The van der Waals surface area contributed by atoms with E-state index in [1.807, 2.05) is 0 Å². The molecule has 0 atom stereocenters. The van der Waals surface area contributed by atoms with Gasteiger partial charge >= 0.3 is 5.97 Å². The van der Waals surface area contributed by atoms with Crippen LogP contribution in [0.15, 0.2) is 53.4 Å². The summed E-state index contributed by atoms with van der Waals surface area (Å²) in [6.07, 6.45) is 0. The van der Waals surface area contributed by atoms with Crippen molar-refractivity contribution >= 4 is 33.5 Å². The van der Waals surface area contributed by atoms with Crippen molar-refractivity contribution in [2.45, 2.75) is 11.4 Å². The molecule has 138 valence electrons. The molecule has 0 aliphatic carbocycles. The Balaban J connectivity index is 1.89. The number of benzene rings is 2. The van der Waals surface area contributed by atoms with Gasteiger partial charge in [0.2, 0.25) is 10.0 Å². The molecule has 0 aliphatic rings. The van der Waals surface area contributed by atoms with E-state index in [1.165, 1.54) is 31.3 Å². The molecule has 2 rings (SSSR count). The van der Waals surface area contributed by atoms with E-state index < -0.39 is 28.5 Å². The predicted molar refractivity (Wildman–Crippen MR) is 96.3 cm³/mol. The van der Waals surface area contributed by atoms with Gasteiger partial charge in [-0.15, -0.1) is 0 Å². The second-order valence-electron chi connectivity index (χ2n) is 5.21. The lowest BCUT2D eigenvalue weighted by atomic mass is 10.2. The zero-order chi connectivity index (χ0) is 19.2. The Morgan fingerprint density at radius 3 is 2.46 bits per heavy atom. The van der Waals surface area contributed by atoms with Crippen molar-refractivity contribution in [2.24, 2.45) is 0 Å². The Kier molecular flexibility index (Phi) is 6.73. The van der Waals surface area contributed by atoms with Gasteiger partial charge in [0.25, 0.3) is 5.91 Å². The molecule has 0 aromatic heterocycles. The van der Waals surface area contributed by atoms with Gasteiger partial charge in [-0.05, 0) is 42.9 Å². The Morgan fingerprint density at radius 1 is 1.12 bits per heavy atom. The fourth-order valence-electron chi connectivity index (χ4n) is 1.98. The molecule has 0 fully saturated rings.